The van der Waals surface area contributed by atoms with E-state index in [1.807, 2.05) is 6.07 Å². The first-order valence-electron chi connectivity index (χ1n) is 6.41. The zero-order valence-electron chi connectivity index (χ0n) is 10.7. The molecular weight excluding hydrogens is 277 g/mol. The van der Waals surface area contributed by atoms with Crippen molar-refractivity contribution in [3.63, 3.8) is 0 Å². The van der Waals surface area contributed by atoms with Crippen LogP contribution in [0.1, 0.15) is 34.0 Å². The van der Waals surface area contributed by atoms with Crippen LogP contribution in [0.15, 0.2) is 23.6 Å². The number of nitrogens with one attached hydrogen (secondary N) is 1. The Morgan fingerprint density at radius 3 is 3.15 bits per heavy atom. The van der Waals surface area contributed by atoms with Crippen LogP contribution in [0.4, 0.5) is 10.1 Å². The molecule has 0 aliphatic heterocycles. The molecule has 1 aromatic carbocycles. The van der Waals surface area contributed by atoms with Gasteiger partial charge in [-0.2, -0.15) is 4.37 Å². The molecule has 4 nitrogen and oxygen atoms in total. The predicted molar refractivity (Wildman–Crippen MR) is 76.3 cm³/mol. The zero-order valence-corrected chi connectivity index (χ0v) is 11.5. The summed E-state index contributed by atoms with van der Waals surface area (Å²) >= 11 is 1.17. The van der Waals surface area contributed by atoms with Gasteiger partial charge >= 0.3 is 0 Å². The molecule has 1 atom stereocenters. The number of nitrogens with two attached hydrogens (primary N) is 1. The maximum atomic E-state index is 13.1. The number of aryl methyl sites for hydroxylation is 1. The average Bonchev–Trinajstić information content (AvgIpc) is 3.02. The molecule has 1 heterocycles. The van der Waals surface area contributed by atoms with Crippen molar-refractivity contribution < 1.29 is 9.18 Å². The van der Waals surface area contributed by atoms with Crippen LogP contribution < -0.4 is 11.1 Å². The number of aromatic nitrogens is 1. The Bertz CT molecular complexity index is 656. The van der Waals surface area contributed by atoms with E-state index in [4.69, 9.17) is 5.73 Å². The highest BCUT2D eigenvalue weighted by molar-refractivity contribution is 7.04. The third-order valence-corrected chi connectivity index (χ3v) is 4.28. The van der Waals surface area contributed by atoms with Crippen molar-refractivity contribution in [2.24, 2.45) is 0 Å². The first kappa shape index (κ1) is 13.1. The monoisotopic (exact) mass is 291 g/mol. The van der Waals surface area contributed by atoms with E-state index in [0.29, 0.717) is 12.2 Å². The lowest BCUT2D eigenvalue weighted by atomic mass is 10.0. The lowest BCUT2D eigenvalue weighted by Crippen LogP contribution is -2.28. The number of nitrogen functional groups attached to an aromatic ring is 1. The summed E-state index contributed by atoms with van der Waals surface area (Å²) in [5.41, 5.74) is 8.51. The Morgan fingerprint density at radius 2 is 2.40 bits per heavy atom. The Kier molecular flexibility index (Phi) is 3.40. The number of halogens is 1. The Morgan fingerprint density at radius 1 is 1.55 bits per heavy atom. The molecule has 3 rings (SSSR count). The smallest absolute Gasteiger partial charge is 0.273 e. The maximum Gasteiger partial charge on any atom is 0.273 e. The van der Waals surface area contributed by atoms with Gasteiger partial charge in [-0.3, -0.25) is 4.79 Å². The summed E-state index contributed by atoms with van der Waals surface area (Å²) in [6.45, 7) is 0.522. The summed E-state index contributed by atoms with van der Waals surface area (Å²) in [6, 6.07) is 4.86. The molecular formula is C14H14FN3OS. The van der Waals surface area contributed by atoms with Gasteiger partial charge in [-0.25, -0.2) is 4.39 Å². The van der Waals surface area contributed by atoms with Crippen LogP contribution in [0.3, 0.4) is 0 Å². The molecule has 20 heavy (non-hydrogen) atoms. The van der Waals surface area contributed by atoms with Gasteiger partial charge in [0.15, 0.2) is 5.69 Å². The third kappa shape index (κ3) is 2.38. The number of hydrogen-bond acceptors (Lipinski definition) is 4. The van der Waals surface area contributed by atoms with Crippen molar-refractivity contribution >= 4 is 23.1 Å². The van der Waals surface area contributed by atoms with Crippen LogP contribution in [0, 0.1) is 5.82 Å². The molecule has 0 spiro atoms. The summed E-state index contributed by atoms with van der Waals surface area (Å²) < 4.78 is 17.1. The second kappa shape index (κ2) is 5.20. The molecule has 2 aromatic rings. The zero-order chi connectivity index (χ0) is 14.1. The quantitative estimate of drug-likeness (QED) is 0.912. The van der Waals surface area contributed by atoms with Crippen molar-refractivity contribution in [3.8, 4) is 0 Å². The van der Waals surface area contributed by atoms with Gasteiger partial charge < -0.3 is 11.1 Å². The Hall–Kier alpha value is -1.95. The van der Waals surface area contributed by atoms with Crippen LogP contribution in [0.2, 0.25) is 0 Å². The fraction of sp³-hybridized carbons (Fsp3) is 0.286. The summed E-state index contributed by atoms with van der Waals surface area (Å²) in [5.74, 6) is -0.225. The summed E-state index contributed by atoms with van der Waals surface area (Å²) in [6.07, 6.45) is 1.78. The second-order valence-corrected chi connectivity index (χ2v) is 5.54. The Labute approximate surface area is 120 Å². The Balaban J connectivity index is 1.67. The molecule has 0 saturated carbocycles. The summed E-state index contributed by atoms with van der Waals surface area (Å²) in [5, 5.41) is 4.50. The number of amides is 1. The number of nitrogens with zero attached hydrogens (tertiary/aromatic N) is 1. The van der Waals surface area contributed by atoms with Gasteiger partial charge in [-0.05, 0) is 47.6 Å². The molecule has 0 fully saturated rings. The fourth-order valence-corrected chi connectivity index (χ4v) is 3.17. The predicted octanol–water partition coefficient (Wildman–Crippen LogP) is 2.32. The first-order chi connectivity index (χ1) is 9.65. The highest BCUT2D eigenvalue weighted by Crippen LogP contribution is 2.32. The van der Waals surface area contributed by atoms with Crippen LogP contribution >= 0.6 is 11.5 Å². The molecule has 104 valence electrons. The summed E-state index contributed by atoms with van der Waals surface area (Å²) in [7, 11) is 0. The van der Waals surface area contributed by atoms with Gasteiger partial charge in [0.2, 0.25) is 0 Å². The largest absolute Gasteiger partial charge is 0.396 e. The van der Waals surface area contributed by atoms with Gasteiger partial charge in [0.25, 0.3) is 5.91 Å². The molecule has 0 radical (unpaired) electrons. The molecule has 1 aliphatic rings. The topological polar surface area (TPSA) is 68.0 Å². The number of carbonyl (C=O) groups is 1. The number of carbonyl (C=O) groups excluding carboxylic acids is 1. The molecule has 6 heteroatoms. The maximum absolute atomic E-state index is 13.1. The van der Waals surface area contributed by atoms with Gasteiger partial charge in [-0.1, -0.05) is 6.07 Å². The molecule has 0 saturated heterocycles. The number of fused-ring (bicyclic) bond motifs is 1. The highest BCUT2D eigenvalue weighted by atomic mass is 32.1. The van der Waals surface area contributed by atoms with Gasteiger partial charge in [0.1, 0.15) is 5.82 Å². The van der Waals surface area contributed by atoms with E-state index in [-0.39, 0.29) is 23.3 Å². The fourth-order valence-electron chi connectivity index (χ4n) is 2.60. The van der Waals surface area contributed by atoms with Crippen LogP contribution in [-0.2, 0) is 6.42 Å². The third-order valence-electron chi connectivity index (χ3n) is 3.63. The van der Waals surface area contributed by atoms with E-state index in [9.17, 15) is 9.18 Å². The molecule has 1 aliphatic carbocycles. The molecule has 0 bridgehead atoms. The second-order valence-electron chi connectivity index (χ2n) is 4.91. The van der Waals surface area contributed by atoms with E-state index in [1.165, 1.54) is 17.6 Å². The van der Waals surface area contributed by atoms with Crippen LogP contribution in [0.5, 0.6) is 0 Å². The van der Waals surface area contributed by atoms with Crippen molar-refractivity contribution in [2.75, 3.05) is 12.3 Å². The first-order valence-corrected chi connectivity index (χ1v) is 7.25. The number of rotatable bonds is 3. The molecule has 3 N–H and O–H groups in total. The van der Waals surface area contributed by atoms with Gasteiger partial charge in [0, 0.05) is 17.8 Å². The van der Waals surface area contributed by atoms with Crippen LogP contribution in [-0.4, -0.2) is 16.8 Å². The van der Waals surface area contributed by atoms with E-state index in [2.05, 4.69) is 9.69 Å². The molecule has 1 unspecified atom stereocenters. The standard InChI is InChI=1S/C14H14FN3OS/c15-10-3-4-11-8(5-10)1-2-9(11)6-17-14(19)13-12(16)7-20-18-13/h3-5,7,9H,1-2,6,16H2,(H,17,19). The number of hydrogen-bond donors (Lipinski definition) is 2. The minimum atomic E-state index is -0.251. The van der Waals surface area contributed by atoms with E-state index in [1.54, 1.807) is 11.4 Å². The van der Waals surface area contributed by atoms with Crippen molar-refractivity contribution in [1.82, 2.24) is 9.69 Å². The normalized spacial score (nSPS) is 16.9. The van der Waals surface area contributed by atoms with Crippen molar-refractivity contribution in [3.05, 3.63) is 46.2 Å². The highest BCUT2D eigenvalue weighted by Gasteiger charge is 2.24. The lowest BCUT2D eigenvalue weighted by Gasteiger charge is -2.12. The minimum absolute atomic E-state index is 0.205. The van der Waals surface area contributed by atoms with Crippen LogP contribution in [0.25, 0.3) is 0 Å². The molecule has 1 aromatic heterocycles. The summed E-state index contributed by atoms with van der Waals surface area (Å²) in [4.78, 5) is 11.9. The van der Waals surface area contributed by atoms with E-state index < -0.39 is 0 Å². The SMILES string of the molecule is Nc1csnc1C(=O)NCC1CCc2cc(F)ccc21. The lowest BCUT2D eigenvalue weighted by molar-refractivity contribution is 0.0948. The van der Waals surface area contributed by atoms with E-state index in [0.717, 1.165) is 24.0 Å². The number of benzene rings is 1. The number of anilines is 1. The molecule has 1 amide bonds. The van der Waals surface area contributed by atoms with Gasteiger partial charge in [0.05, 0.1) is 5.69 Å². The van der Waals surface area contributed by atoms with Gasteiger partial charge in [-0.15, -0.1) is 0 Å². The minimum Gasteiger partial charge on any atom is -0.396 e. The van der Waals surface area contributed by atoms with Crippen molar-refractivity contribution in [1.29, 1.82) is 0 Å². The average molecular weight is 291 g/mol. The van der Waals surface area contributed by atoms with E-state index >= 15 is 0 Å². The van der Waals surface area contributed by atoms with Crippen molar-refractivity contribution in [2.45, 2.75) is 18.8 Å².